The molecule has 8 nitrogen and oxygen atoms in total. The highest BCUT2D eigenvalue weighted by Crippen LogP contribution is 2.43. The summed E-state index contributed by atoms with van der Waals surface area (Å²) >= 11 is 0.961. The number of methoxy groups -OCH3 is 1. The van der Waals surface area contributed by atoms with Gasteiger partial charge in [0.1, 0.15) is 28.6 Å². The van der Waals surface area contributed by atoms with Gasteiger partial charge >= 0.3 is 5.97 Å². The number of fused-ring (bicyclic) bond motifs is 2. The molecule has 0 saturated heterocycles. The number of carbonyl (C=O) groups is 2. The highest BCUT2D eigenvalue weighted by atomic mass is 32.1. The molecular formula is C26H19FN2O6S. The number of anilines is 1. The van der Waals surface area contributed by atoms with Gasteiger partial charge in [0.05, 0.1) is 29.8 Å². The maximum absolute atomic E-state index is 14.0. The van der Waals surface area contributed by atoms with E-state index in [9.17, 15) is 18.8 Å². The summed E-state index contributed by atoms with van der Waals surface area (Å²) in [4.78, 5) is 45.8. The summed E-state index contributed by atoms with van der Waals surface area (Å²) in [5, 5.41) is 0.192. The number of benzene rings is 2. The number of nitrogens with zero attached hydrogens (tertiary/aromatic N) is 2. The van der Waals surface area contributed by atoms with Crippen LogP contribution in [0.5, 0.6) is 5.75 Å². The van der Waals surface area contributed by atoms with Crippen LogP contribution in [0.25, 0.3) is 11.0 Å². The highest BCUT2D eigenvalue weighted by Gasteiger charge is 2.45. The topological polar surface area (TPSA) is 98.9 Å². The highest BCUT2D eigenvalue weighted by molar-refractivity contribution is 7.17. The second-order valence-electron chi connectivity index (χ2n) is 7.97. The van der Waals surface area contributed by atoms with Crippen molar-refractivity contribution in [2.75, 3.05) is 18.6 Å². The minimum atomic E-state index is -0.950. The van der Waals surface area contributed by atoms with Crippen LogP contribution < -0.4 is 15.1 Å². The Morgan fingerprint density at radius 1 is 1.28 bits per heavy atom. The molecule has 0 aliphatic carbocycles. The van der Waals surface area contributed by atoms with Crippen molar-refractivity contribution in [1.29, 1.82) is 0 Å². The van der Waals surface area contributed by atoms with Crippen molar-refractivity contribution in [1.82, 2.24) is 4.98 Å². The number of amides is 1. The van der Waals surface area contributed by atoms with E-state index in [1.54, 1.807) is 31.2 Å². The Balaban J connectivity index is 1.73. The molecule has 1 unspecified atom stereocenters. The second-order valence-corrected chi connectivity index (χ2v) is 8.94. The lowest BCUT2D eigenvalue weighted by Gasteiger charge is -2.22. The molecule has 0 bridgehead atoms. The number of carbonyl (C=O) groups excluding carboxylic acids is 2. The molecule has 0 radical (unpaired) electrons. The summed E-state index contributed by atoms with van der Waals surface area (Å²) in [6.45, 7) is 5.17. The van der Waals surface area contributed by atoms with Crippen LogP contribution in [0, 0.1) is 12.7 Å². The van der Waals surface area contributed by atoms with E-state index in [1.165, 1.54) is 24.2 Å². The molecule has 1 atom stereocenters. The Labute approximate surface area is 208 Å². The number of hydrogen-bond donors (Lipinski definition) is 0. The summed E-state index contributed by atoms with van der Waals surface area (Å²) in [5.41, 5.74) is 0.518. The van der Waals surface area contributed by atoms with Gasteiger partial charge in [-0.1, -0.05) is 36.1 Å². The van der Waals surface area contributed by atoms with Gasteiger partial charge in [-0.2, -0.15) is 0 Å². The van der Waals surface area contributed by atoms with Crippen LogP contribution in [-0.4, -0.2) is 30.6 Å². The van der Waals surface area contributed by atoms with Crippen LogP contribution in [0.3, 0.4) is 0 Å². The molecule has 4 aromatic rings. The van der Waals surface area contributed by atoms with E-state index in [4.69, 9.17) is 13.9 Å². The molecule has 2 aromatic heterocycles. The van der Waals surface area contributed by atoms with Crippen molar-refractivity contribution < 1.29 is 27.9 Å². The summed E-state index contributed by atoms with van der Waals surface area (Å²) in [7, 11) is 1.50. The van der Waals surface area contributed by atoms with Crippen molar-refractivity contribution in [3.8, 4) is 5.75 Å². The number of hydrogen-bond acceptors (Lipinski definition) is 8. The molecule has 2 aromatic carbocycles. The monoisotopic (exact) mass is 506 g/mol. The van der Waals surface area contributed by atoms with Gasteiger partial charge in [-0.3, -0.25) is 14.5 Å². The Hall–Kier alpha value is -4.31. The number of ether oxygens (including phenoxy) is 2. The Morgan fingerprint density at radius 2 is 2.08 bits per heavy atom. The predicted molar refractivity (Wildman–Crippen MR) is 131 cm³/mol. The van der Waals surface area contributed by atoms with E-state index >= 15 is 0 Å². The summed E-state index contributed by atoms with van der Waals surface area (Å²) in [6.07, 6.45) is 1.44. The number of aryl methyl sites for hydroxylation is 1. The van der Waals surface area contributed by atoms with Crippen molar-refractivity contribution in [3.63, 3.8) is 0 Å². The maximum atomic E-state index is 14.0. The molecule has 1 amide bonds. The fourth-order valence-corrected chi connectivity index (χ4v) is 5.13. The van der Waals surface area contributed by atoms with Crippen molar-refractivity contribution in [2.24, 2.45) is 0 Å². The first kappa shape index (κ1) is 23.4. The van der Waals surface area contributed by atoms with E-state index in [1.807, 2.05) is 0 Å². The van der Waals surface area contributed by atoms with Crippen molar-refractivity contribution >= 4 is 39.3 Å². The molecule has 0 fully saturated rings. The van der Waals surface area contributed by atoms with E-state index in [2.05, 4.69) is 11.6 Å². The van der Waals surface area contributed by atoms with Gasteiger partial charge in [0.2, 0.25) is 5.76 Å². The maximum Gasteiger partial charge on any atom is 0.350 e. The van der Waals surface area contributed by atoms with Crippen LogP contribution in [-0.2, 0) is 4.74 Å². The minimum absolute atomic E-state index is 0.0142. The van der Waals surface area contributed by atoms with E-state index < -0.39 is 29.2 Å². The van der Waals surface area contributed by atoms with Gasteiger partial charge in [0.25, 0.3) is 5.91 Å². The van der Waals surface area contributed by atoms with Crippen LogP contribution in [0.15, 0.2) is 64.3 Å². The molecule has 0 saturated carbocycles. The Morgan fingerprint density at radius 3 is 2.83 bits per heavy atom. The molecule has 0 spiro atoms. The lowest BCUT2D eigenvalue weighted by molar-refractivity contribution is 0.0554. The molecular weight excluding hydrogens is 487 g/mol. The number of aromatic nitrogens is 1. The number of esters is 1. The summed E-state index contributed by atoms with van der Waals surface area (Å²) in [6, 6.07) is 9.47. The minimum Gasteiger partial charge on any atom is -0.497 e. The van der Waals surface area contributed by atoms with Crippen LogP contribution >= 0.6 is 11.3 Å². The molecule has 182 valence electrons. The fraction of sp³-hybridized carbons (Fsp3) is 0.154. The van der Waals surface area contributed by atoms with Crippen LogP contribution in [0.4, 0.5) is 9.52 Å². The van der Waals surface area contributed by atoms with E-state index in [0.717, 1.165) is 23.5 Å². The number of rotatable bonds is 6. The molecule has 36 heavy (non-hydrogen) atoms. The normalized spacial score (nSPS) is 14.7. The Bertz CT molecular complexity index is 1610. The first-order valence-corrected chi connectivity index (χ1v) is 11.6. The van der Waals surface area contributed by atoms with Gasteiger partial charge in [-0.05, 0) is 42.8 Å². The average molecular weight is 507 g/mol. The molecule has 0 N–H and O–H groups in total. The summed E-state index contributed by atoms with van der Waals surface area (Å²) < 4.78 is 30.3. The number of halogens is 1. The van der Waals surface area contributed by atoms with E-state index in [-0.39, 0.29) is 38.9 Å². The third-order valence-corrected chi connectivity index (χ3v) is 6.89. The third-order valence-electron chi connectivity index (χ3n) is 5.75. The zero-order chi connectivity index (χ0) is 25.6. The standard InChI is InChI=1S/C26H19FN2O6S/c1-4-10-34-25(32)23-13(2)28-26(36-23)29-20(14-6-5-7-16(11-14)33-3)19-21(30)17-12-15(27)8-9-18(17)35-22(19)24(29)31/h4-9,11-12,20H,1,10H2,2-3H3. The van der Waals surface area contributed by atoms with Crippen LogP contribution in [0.1, 0.15) is 43.1 Å². The first-order valence-electron chi connectivity index (χ1n) is 10.8. The molecule has 5 rings (SSSR count). The lowest BCUT2D eigenvalue weighted by atomic mass is 9.98. The van der Waals surface area contributed by atoms with Crippen molar-refractivity contribution in [2.45, 2.75) is 13.0 Å². The molecule has 3 heterocycles. The number of thiazole rings is 1. The molecule has 10 heteroatoms. The largest absolute Gasteiger partial charge is 0.497 e. The van der Waals surface area contributed by atoms with Gasteiger partial charge in [0, 0.05) is 0 Å². The second kappa shape index (κ2) is 9.04. The average Bonchev–Trinajstić information content (AvgIpc) is 3.40. The zero-order valence-electron chi connectivity index (χ0n) is 19.2. The van der Waals surface area contributed by atoms with Gasteiger partial charge in [-0.25, -0.2) is 14.2 Å². The van der Waals surface area contributed by atoms with Gasteiger partial charge in [0.15, 0.2) is 10.6 Å². The van der Waals surface area contributed by atoms with Gasteiger partial charge in [-0.15, -0.1) is 0 Å². The smallest absolute Gasteiger partial charge is 0.350 e. The lowest BCUT2D eigenvalue weighted by Crippen LogP contribution is -2.29. The van der Waals surface area contributed by atoms with Crippen LogP contribution in [0.2, 0.25) is 0 Å². The third kappa shape index (κ3) is 3.75. The van der Waals surface area contributed by atoms with E-state index in [0.29, 0.717) is 17.0 Å². The van der Waals surface area contributed by atoms with Crippen molar-refractivity contribution in [3.05, 3.63) is 98.6 Å². The quantitative estimate of drug-likeness (QED) is 0.274. The SMILES string of the molecule is C=CCOC(=O)c1sc(N2C(=O)c3oc4ccc(F)cc4c(=O)c3C2c2cccc(OC)c2)nc1C. The summed E-state index contributed by atoms with van der Waals surface area (Å²) in [5.74, 6) is -1.48. The molecule has 1 aliphatic rings. The first-order chi connectivity index (χ1) is 17.3. The molecule has 1 aliphatic heterocycles. The zero-order valence-corrected chi connectivity index (χ0v) is 20.1. The van der Waals surface area contributed by atoms with Gasteiger partial charge < -0.3 is 13.9 Å². The fourth-order valence-electron chi connectivity index (χ4n) is 4.14. The Kier molecular flexibility index (Phi) is 5.89. The predicted octanol–water partition coefficient (Wildman–Crippen LogP) is 4.80.